The molecule has 0 bridgehead atoms. The smallest absolute Gasteiger partial charge is 0.326 e. The molecule has 2 atom stereocenters. The molecule has 0 aromatic heterocycles. The number of rotatable bonds is 10. The molecule has 0 unspecified atom stereocenters. The minimum atomic E-state index is -1.07. The Hall–Kier alpha value is -3.33. The third kappa shape index (κ3) is 6.58. The van der Waals surface area contributed by atoms with Crippen LogP contribution in [0.1, 0.15) is 35.2 Å². The van der Waals surface area contributed by atoms with Gasteiger partial charge in [-0.1, -0.05) is 36.4 Å². The molecule has 1 saturated heterocycles. The van der Waals surface area contributed by atoms with Crippen LogP contribution < -0.4 is 16.0 Å². The first-order chi connectivity index (χ1) is 15.9. The summed E-state index contributed by atoms with van der Waals surface area (Å²) in [5.41, 5.74) is 2.58. The van der Waals surface area contributed by atoms with Gasteiger partial charge < -0.3 is 21.1 Å². The highest BCUT2D eigenvalue weighted by Crippen LogP contribution is 2.25. The first-order valence-corrected chi connectivity index (χ1v) is 12.1. The number of hydrogen-bond donors (Lipinski definition) is 4. The van der Waals surface area contributed by atoms with Gasteiger partial charge in [-0.3, -0.25) is 14.4 Å². The van der Waals surface area contributed by atoms with Gasteiger partial charge in [0.2, 0.25) is 11.8 Å². The molecule has 3 rings (SSSR count). The van der Waals surface area contributed by atoms with E-state index >= 15 is 0 Å². The van der Waals surface area contributed by atoms with Crippen LogP contribution in [0.3, 0.4) is 0 Å². The SMILES string of the molecule is CSCC[C@H](NC(=O)c1ccc(CNC(=O)[C@@H]2CCC(=O)N2)cc1-c1ccccc1)C(=O)O. The predicted octanol–water partition coefficient (Wildman–Crippen LogP) is 2.18. The lowest BCUT2D eigenvalue weighted by atomic mass is 9.96. The maximum absolute atomic E-state index is 13.0. The molecule has 4 N–H and O–H groups in total. The van der Waals surface area contributed by atoms with Crippen molar-refractivity contribution in [3.05, 3.63) is 59.7 Å². The lowest BCUT2D eigenvalue weighted by molar-refractivity contribution is -0.139. The first kappa shape index (κ1) is 24.3. The summed E-state index contributed by atoms with van der Waals surface area (Å²) in [6.45, 7) is 0.235. The lowest BCUT2D eigenvalue weighted by Gasteiger charge is -2.17. The van der Waals surface area contributed by atoms with Gasteiger partial charge in [0, 0.05) is 18.5 Å². The van der Waals surface area contributed by atoms with Gasteiger partial charge in [0.1, 0.15) is 12.1 Å². The van der Waals surface area contributed by atoms with Crippen molar-refractivity contribution < 1.29 is 24.3 Å². The Bertz CT molecular complexity index is 1030. The molecule has 1 heterocycles. The fourth-order valence-corrected chi connectivity index (χ4v) is 4.08. The van der Waals surface area contributed by atoms with E-state index in [0.29, 0.717) is 36.1 Å². The molecule has 174 valence electrons. The number of benzene rings is 2. The molecular formula is C24H27N3O5S. The molecule has 1 aliphatic heterocycles. The number of carbonyl (C=O) groups excluding carboxylic acids is 3. The summed E-state index contributed by atoms with van der Waals surface area (Å²) >= 11 is 1.52. The van der Waals surface area contributed by atoms with Crippen molar-refractivity contribution in [1.82, 2.24) is 16.0 Å². The molecular weight excluding hydrogens is 442 g/mol. The van der Waals surface area contributed by atoms with Crippen molar-refractivity contribution in [3.63, 3.8) is 0 Å². The van der Waals surface area contributed by atoms with Gasteiger partial charge in [-0.15, -0.1) is 0 Å². The van der Waals surface area contributed by atoms with Gasteiger partial charge in [0.25, 0.3) is 5.91 Å². The van der Waals surface area contributed by atoms with E-state index in [1.54, 1.807) is 12.1 Å². The lowest BCUT2D eigenvalue weighted by Crippen LogP contribution is -2.41. The zero-order valence-electron chi connectivity index (χ0n) is 18.3. The average molecular weight is 470 g/mol. The van der Waals surface area contributed by atoms with Crippen LogP contribution in [0.2, 0.25) is 0 Å². The summed E-state index contributed by atoms with van der Waals surface area (Å²) in [5.74, 6) is -1.30. The number of carboxylic acids is 1. The fourth-order valence-electron chi connectivity index (χ4n) is 3.61. The van der Waals surface area contributed by atoms with E-state index in [-0.39, 0.29) is 18.4 Å². The Morgan fingerprint density at radius 1 is 1.18 bits per heavy atom. The molecule has 0 radical (unpaired) electrons. The highest BCUT2D eigenvalue weighted by Gasteiger charge is 2.27. The van der Waals surface area contributed by atoms with E-state index < -0.39 is 24.0 Å². The number of carbonyl (C=O) groups is 4. The van der Waals surface area contributed by atoms with Gasteiger partial charge in [-0.2, -0.15) is 11.8 Å². The molecule has 0 saturated carbocycles. The topological polar surface area (TPSA) is 125 Å². The summed E-state index contributed by atoms with van der Waals surface area (Å²) in [7, 11) is 0. The van der Waals surface area contributed by atoms with Gasteiger partial charge >= 0.3 is 5.97 Å². The number of aliphatic carboxylic acids is 1. The maximum atomic E-state index is 13.0. The molecule has 1 aliphatic rings. The molecule has 3 amide bonds. The van der Waals surface area contributed by atoms with Crippen LogP contribution in [0, 0.1) is 0 Å². The van der Waals surface area contributed by atoms with Gasteiger partial charge in [0.05, 0.1) is 0 Å². The Balaban J connectivity index is 1.80. The van der Waals surface area contributed by atoms with Crippen molar-refractivity contribution in [2.45, 2.75) is 37.9 Å². The highest BCUT2D eigenvalue weighted by molar-refractivity contribution is 7.98. The molecule has 2 aromatic carbocycles. The third-order valence-corrected chi connectivity index (χ3v) is 6.05. The van der Waals surface area contributed by atoms with Crippen LogP contribution in [0.25, 0.3) is 11.1 Å². The minimum Gasteiger partial charge on any atom is -0.480 e. The largest absolute Gasteiger partial charge is 0.480 e. The second-order valence-electron chi connectivity index (χ2n) is 7.77. The number of amides is 3. The van der Waals surface area contributed by atoms with E-state index in [0.717, 1.165) is 11.1 Å². The van der Waals surface area contributed by atoms with Crippen LogP contribution >= 0.6 is 11.8 Å². The molecule has 0 spiro atoms. The number of thioether (sulfide) groups is 1. The Labute approximate surface area is 196 Å². The van der Waals surface area contributed by atoms with Gasteiger partial charge in [-0.05, 0) is 53.7 Å². The molecule has 0 aliphatic carbocycles. The second kappa shape index (κ2) is 11.5. The Morgan fingerprint density at radius 2 is 1.94 bits per heavy atom. The van der Waals surface area contributed by atoms with E-state index in [1.165, 1.54) is 11.8 Å². The minimum absolute atomic E-state index is 0.130. The average Bonchev–Trinajstić information content (AvgIpc) is 3.26. The summed E-state index contributed by atoms with van der Waals surface area (Å²) in [6, 6.07) is 13.0. The fraction of sp³-hybridized carbons (Fsp3) is 0.333. The van der Waals surface area contributed by atoms with E-state index in [9.17, 15) is 24.3 Å². The zero-order valence-corrected chi connectivity index (χ0v) is 19.1. The summed E-state index contributed by atoms with van der Waals surface area (Å²) in [4.78, 5) is 48.2. The van der Waals surface area contributed by atoms with E-state index in [1.807, 2.05) is 42.7 Å². The standard InChI is InChI=1S/C24H27N3O5S/c1-33-12-11-20(24(31)32)27-22(29)17-8-7-15(13-18(17)16-5-3-2-4-6-16)14-25-23(30)19-9-10-21(28)26-19/h2-8,13,19-20H,9-12,14H2,1H3,(H,25,30)(H,26,28)(H,27,29)(H,31,32)/t19-,20-/m0/s1. The van der Waals surface area contributed by atoms with Crippen LogP contribution in [-0.4, -0.2) is 52.9 Å². The molecule has 33 heavy (non-hydrogen) atoms. The molecule has 9 heteroatoms. The monoisotopic (exact) mass is 469 g/mol. The number of nitrogens with one attached hydrogen (secondary N) is 3. The van der Waals surface area contributed by atoms with E-state index in [2.05, 4.69) is 16.0 Å². The van der Waals surface area contributed by atoms with Crippen LogP contribution in [0.5, 0.6) is 0 Å². The number of hydrogen-bond acceptors (Lipinski definition) is 5. The second-order valence-corrected chi connectivity index (χ2v) is 8.75. The van der Waals surface area contributed by atoms with Crippen molar-refractivity contribution in [2.75, 3.05) is 12.0 Å². The Morgan fingerprint density at radius 3 is 2.58 bits per heavy atom. The van der Waals surface area contributed by atoms with Crippen LogP contribution in [-0.2, 0) is 20.9 Å². The molecule has 8 nitrogen and oxygen atoms in total. The van der Waals surface area contributed by atoms with Gasteiger partial charge in [0.15, 0.2) is 0 Å². The molecule has 1 fully saturated rings. The van der Waals surface area contributed by atoms with Crippen molar-refractivity contribution in [3.8, 4) is 11.1 Å². The first-order valence-electron chi connectivity index (χ1n) is 10.7. The summed E-state index contributed by atoms with van der Waals surface area (Å²) in [6.07, 6.45) is 3.02. The third-order valence-electron chi connectivity index (χ3n) is 5.41. The maximum Gasteiger partial charge on any atom is 0.326 e. The highest BCUT2D eigenvalue weighted by atomic mass is 32.2. The summed E-state index contributed by atoms with van der Waals surface area (Å²) < 4.78 is 0. The van der Waals surface area contributed by atoms with E-state index in [4.69, 9.17) is 0 Å². The number of carboxylic acid groups (broad SMARTS) is 1. The van der Waals surface area contributed by atoms with Crippen LogP contribution in [0.15, 0.2) is 48.5 Å². The Kier molecular flexibility index (Phi) is 8.48. The molecule has 2 aromatic rings. The predicted molar refractivity (Wildman–Crippen MR) is 127 cm³/mol. The van der Waals surface area contributed by atoms with Crippen LogP contribution in [0.4, 0.5) is 0 Å². The van der Waals surface area contributed by atoms with Crippen molar-refractivity contribution >= 4 is 35.5 Å². The van der Waals surface area contributed by atoms with Crippen molar-refractivity contribution in [2.24, 2.45) is 0 Å². The zero-order chi connectivity index (χ0) is 23.8. The quantitative estimate of drug-likeness (QED) is 0.423. The summed E-state index contributed by atoms with van der Waals surface area (Å²) in [5, 5.41) is 17.6. The normalized spacial score (nSPS) is 16.0. The van der Waals surface area contributed by atoms with Crippen molar-refractivity contribution in [1.29, 1.82) is 0 Å². The van der Waals surface area contributed by atoms with Gasteiger partial charge in [-0.25, -0.2) is 4.79 Å².